The van der Waals surface area contributed by atoms with Crippen LogP contribution >= 0.6 is 0 Å². The molecular weight excluding hydrogens is 190 g/mol. The van der Waals surface area contributed by atoms with Crippen molar-refractivity contribution in [3.63, 3.8) is 0 Å². The number of anilines is 1. The van der Waals surface area contributed by atoms with Crippen LogP contribution in [0.15, 0.2) is 24.4 Å². The smallest absolute Gasteiger partial charge is 0.245 e. The van der Waals surface area contributed by atoms with Crippen molar-refractivity contribution in [1.82, 2.24) is 4.98 Å². The third-order valence-corrected chi connectivity index (χ3v) is 2.33. The number of hydrogen-bond donors (Lipinski definition) is 1. The van der Waals surface area contributed by atoms with Crippen LogP contribution in [0.5, 0.6) is 0 Å². The second kappa shape index (κ2) is 4.89. The first-order valence-corrected chi connectivity index (χ1v) is 4.98. The number of carbonyl (C=O) groups excluding carboxylic acids is 1. The van der Waals surface area contributed by atoms with Crippen molar-refractivity contribution in [2.75, 3.05) is 11.9 Å². The molecule has 2 N–H and O–H groups in total. The predicted molar refractivity (Wildman–Crippen MR) is 60.5 cm³/mol. The number of nitrogens with two attached hydrogens (primary N) is 1. The zero-order valence-electron chi connectivity index (χ0n) is 9.34. The maximum absolute atomic E-state index is 11.8. The Kier molecular flexibility index (Phi) is 3.80. The van der Waals surface area contributed by atoms with Gasteiger partial charge < -0.3 is 5.73 Å². The number of hydrogen-bond acceptors (Lipinski definition) is 3. The Morgan fingerprint density at radius 3 is 2.60 bits per heavy atom. The van der Waals surface area contributed by atoms with Crippen molar-refractivity contribution in [1.29, 1.82) is 0 Å². The molecule has 0 aliphatic carbocycles. The van der Waals surface area contributed by atoms with E-state index >= 15 is 0 Å². The number of likely N-dealkylation sites (N-methyl/N-ethyl adjacent to an activating group) is 1. The number of rotatable bonds is 3. The number of pyridine rings is 1. The monoisotopic (exact) mass is 207 g/mol. The highest BCUT2D eigenvalue weighted by molar-refractivity contribution is 5.95. The largest absolute Gasteiger partial charge is 0.320 e. The average Bonchev–Trinajstić information content (AvgIpc) is 2.27. The van der Waals surface area contributed by atoms with Gasteiger partial charge in [0, 0.05) is 13.2 Å². The molecule has 0 spiro atoms. The lowest BCUT2D eigenvalue weighted by molar-refractivity contribution is -0.120. The first kappa shape index (κ1) is 11.7. The van der Waals surface area contributed by atoms with Crippen LogP contribution in [0, 0.1) is 5.92 Å². The summed E-state index contributed by atoms with van der Waals surface area (Å²) >= 11 is 0. The van der Waals surface area contributed by atoms with E-state index in [-0.39, 0.29) is 11.8 Å². The summed E-state index contributed by atoms with van der Waals surface area (Å²) in [6.45, 7) is 3.85. The number of nitrogens with zero attached hydrogens (tertiary/aromatic N) is 2. The van der Waals surface area contributed by atoms with Crippen LogP contribution in [-0.4, -0.2) is 24.0 Å². The number of aromatic nitrogens is 1. The van der Waals surface area contributed by atoms with Crippen molar-refractivity contribution in [2.24, 2.45) is 11.7 Å². The van der Waals surface area contributed by atoms with Crippen LogP contribution in [0.4, 0.5) is 5.82 Å². The fraction of sp³-hybridized carbons (Fsp3) is 0.455. The minimum atomic E-state index is -0.475. The van der Waals surface area contributed by atoms with Crippen LogP contribution in [0.25, 0.3) is 0 Å². The summed E-state index contributed by atoms with van der Waals surface area (Å²) in [6.07, 6.45) is 1.65. The standard InChI is InChI=1S/C11H17N3O/c1-8(2)10(12)11(15)14(3)9-6-4-5-7-13-9/h4-8,10H,12H2,1-3H3. The molecule has 0 fully saturated rings. The number of amides is 1. The van der Waals surface area contributed by atoms with E-state index in [0.29, 0.717) is 5.82 Å². The molecule has 0 saturated heterocycles. The molecule has 1 aromatic rings. The Hall–Kier alpha value is -1.42. The van der Waals surface area contributed by atoms with Crippen molar-refractivity contribution < 1.29 is 4.79 Å². The third-order valence-electron chi connectivity index (χ3n) is 2.33. The third kappa shape index (κ3) is 2.76. The Balaban J connectivity index is 2.78. The molecule has 1 heterocycles. The summed E-state index contributed by atoms with van der Waals surface area (Å²) in [5.74, 6) is 0.644. The molecule has 0 aliphatic heterocycles. The lowest BCUT2D eigenvalue weighted by Crippen LogP contribution is -2.45. The molecule has 1 atom stereocenters. The molecule has 0 saturated carbocycles. The van der Waals surface area contributed by atoms with E-state index in [1.807, 2.05) is 26.0 Å². The van der Waals surface area contributed by atoms with Gasteiger partial charge in [-0.2, -0.15) is 0 Å². The molecule has 0 aromatic carbocycles. The van der Waals surface area contributed by atoms with Gasteiger partial charge >= 0.3 is 0 Å². The lowest BCUT2D eigenvalue weighted by atomic mass is 10.0. The molecule has 0 bridgehead atoms. The van der Waals surface area contributed by atoms with Gasteiger partial charge in [-0.05, 0) is 18.1 Å². The summed E-state index contributed by atoms with van der Waals surface area (Å²) in [6, 6.07) is 4.96. The van der Waals surface area contributed by atoms with Gasteiger partial charge in [0.25, 0.3) is 0 Å². The SMILES string of the molecule is CC(C)C(N)C(=O)N(C)c1ccccn1. The van der Waals surface area contributed by atoms with E-state index in [9.17, 15) is 4.79 Å². The van der Waals surface area contributed by atoms with E-state index < -0.39 is 6.04 Å². The van der Waals surface area contributed by atoms with Gasteiger partial charge in [0.2, 0.25) is 5.91 Å². The molecule has 1 unspecified atom stereocenters. The minimum Gasteiger partial charge on any atom is -0.320 e. The van der Waals surface area contributed by atoms with Crippen LogP contribution in [0.3, 0.4) is 0 Å². The fourth-order valence-corrected chi connectivity index (χ4v) is 1.17. The molecule has 4 nitrogen and oxygen atoms in total. The van der Waals surface area contributed by atoms with E-state index in [1.165, 1.54) is 4.90 Å². The molecule has 4 heteroatoms. The fourth-order valence-electron chi connectivity index (χ4n) is 1.17. The van der Waals surface area contributed by atoms with Crippen molar-refractivity contribution in [3.8, 4) is 0 Å². The second-order valence-electron chi connectivity index (χ2n) is 3.85. The summed E-state index contributed by atoms with van der Waals surface area (Å²) in [5.41, 5.74) is 5.78. The number of carbonyl (C=O) groups is 1. The molecule has 0 aliphatic rings. The topological polar surface area (TPSA) is 59.2 Å². The normalized spacial score (nSPS) is 12.6. The minimum absolute atomic E-state index is 0.108. The Bertz CT molecular complexity index is 324. The Morgan fingerprint density at radius 1 is 1.47 bits per heavy atom. The highest BCUT2D eigenvalue weighted by Gasteiger charge is 2.22. The van der Waals surface area contributed by atoms with Gasteiger partial charge in [0.15, 0.2) is 0 Å². The van der Waals surface area contributed by atoms with Gasteiger partial charge in [-0.15, -0.1) is 0 Å². The quantitative estimate of drug-likeness (QED) is 0.805. The zero-order valence-corrected chi connectivity index (χ0v) is 9.34. The Labute approximate surface area is 90.1 Å². The van der Waals surface area contributed by atoms with Crippen molar-refractivity contribution in [3.05, 3.63) is 24.4 Å². The first-order valence-electron chi connectivity index (χ1n) is 4.98. The van der Waals surface area contributed by atoms with Crippen molar-refractivity contribution in [2.45, 2.75) is 19.9 Å². The second-order valence-corrected chi connectivity index (χ2v) is 3.85. The van der Waals surface area contributed by atoms with Crippen molar-refractivity contribution >= 4 is 11.7 Å². The van der Waals surface area contributed by atoms with Crippen LogP contribution in [0.2, 0.25) is 0 Å². The summed E-state index contributed by atoms with van der Waals surface area (Å²) in [4.78, 5) is 17.4. The summed E-state index contributed by atoms with van der Waals surface area (Å²) < 4.78 is 0. The van der Waals surface area contributed by atoms with E-state index in [0.717, 1.165) is 0 Å². The summed E-state index contributed by atoms with van der Waals surface area (Å²) in [5, 5.41) is 0. The van der Waals surface area contributed by atoms with Crippen LogP contribution < -0.4 is 10.6 Å². The molecule has 82 valence electrons. The lowest BCUT2D eigenvalue weighted by Gasteiger charge is -2.22. The highest BCUT2D eigenvalue weighted by atomic mass is 16.2. The maximum Gasteiger partial charge on any atom is 0.245 e. The Morgan fingerprint density at radius 2 is 2.13 bits per heavy atom. The molecule has 1 rings (SSSR count). The highest BCUT2D eigenvalue weighted by Crippen LogP contribution is 2.10. The molecule has 0 radical (unpaired) electrons. The van der Waals surface area contributed by atoms with Gasteiger partial charge in [0.05, 0.1) is 6.04 Å². The summed E-state index contributed by atoms with van der Waals surface area (Å²) in [7, 11) is 1.69. The average molecular weight is 207 g/mol. The van der Waals surface area contributed by atoms with Gasteiger partial charge in [-0.1, -0.05) is 19.9 Å². The van der Waals surface area contributed by atoms with E-state index in [2.05, 4.69) is 4.98 Å². The van der Waals surface area contributed by atoms with Crippen LogP contribution in [-0.2, 0) is 4.79 Å². The predicted octanol–water partition coefficient (Wildman–Crippen LogP) is 1.03. The first-order chi connectivity index (χ1) is 7.04. The van der Waals surface area contributed by atoms with E-state index in [1.54, 1.807) is 19.3 Å². The van der Waals surface area contributed by atoms with E-state index in [4.69, 9.17) is 5.73 Å². The zero-order chi connectivity index (χ0) is 11.4. The molecular formula is C11H17N3O. The molecule has 1 aromatic heterocycles. The molecule has 15 heavy (non-hydrogen) atoms. The molecule has 1 amide bonds. The van der Waals surface area contributed by atoms with Gasteiger partial charge in [0.1, 0.15) is 5.82 Å². The van der Waals surface area contributed by atoms with Gasteiger partial charge in [-0.3, -0.25) is 9.69 Å². The van der Waals surface area contributed by atoms with Gasteiger partial charge in [-0.25, -0.2) is 4.98 Å². The maximum atomic E-state index is 11.8. The van der Waals surface area contributed by atoms with Crippen LogP contribution in [0.1, 0.15) is 13.8 Å².